The monoisotopic (exact) mass is 325 g/mol. The third-order valence-electron chi connectivity index (χ3n) is 4.11. The van der Waals surface area contributed by atoms with Crippen LogP contribution in [-0.2, 0) is 9.59 Å². The minimum absolute atomic E-state index is 0.325. The molecular formula is C19H23N3O2. The lowest BCUT2D eigenvalue weighted by molar-refractivity contribution is -0.136. The van der Waals surface area contributed by atoms with E-state index in [0.29, 0.717) is 11.6 Å². The maximum Gasteiger partial charge on any atom is 0.329 e. The number of carbonyl (C=O) groups is 2. The molecule has 0 fully saturated rings. The van der Waals surface area contributed by atoms with Gasteiger partial charge in [0.25, 0.3) is 0 Å². The van der Waals surface area contributed by atoms with Crippen molar-refractivity contribution in [3.63, 3.8) is 0 Å². The number of nitrogens with one attached hydrogen (secondary N) is 2. The average molecular weight is 325 g/mol. The molecule has 0 radical (unpaired) electrons. The summed E-state index contributed by atoms with van der Waals surface area (Å²) in [5.41, 5.74) is 6.89. The Labute approximate surface area is 142 Å². The average Bonchev–Trinajstić information content (AvgIpc) is 2.55. The van der Waals surface area contributed by atoms with E-state index in [1.165, 1.54) is 0 Å². The Kier molecular flexibility index (Phi) is 5.68. The van der Waals surface area contributed by atoms with E-state index in [9.17, 15) is 9.59 Å². The molecule has 1 aliphatic carbocycles. The molecule has 2 rings (SSSR count). The summed E-state index contributed by atoms with van der Waals surface area (Å²) in [6, 6.07) is 7.22. The van der Waals surface area contributed by atoms with Crippen LogP contribution in [0.2, 0.25) is 0 Å². The molecule has 0 saturated carbocycles. The van der Waals surface area contributed by atoms with Gasteiger partial charge in [-0.2, -0.15) is 5.10 Å². The second kappa shape index (κ2) is 7.73. The second-order valence-corrected chi connectivity index (χ2v) is 6.19. The number of anilines is 1. The molecule has 0 unspecified atom stereocenters. The molecule has 5 nitrogen and oxygen atoms in total. The minimum atomic E-state index is -0.784. The van der Waals surface area contributed by atoms with Gasteiger partial charge in [-0.1, -0.05) is 35.9 Å². The van der Waals surface area contributed by atoms with Crippen molar-refractivity contribution in [3.05, 3.63) is 53.6 Å². The Bertz CT molecular complexity index is 715. The molecule has 24 heavy (non-hydrogen) atoms. The SMILES string of the molecule is C=C(C)[C@@H]1CC=C(C)C(=NNC(=O)C(=O)Nc2ccc(C)cc2)C1. The van der Waals surface area contributed by atoms with Crippen LogP contribution < -0.4 is 10.7 Å². The van der Waals surface area contributed by atoms with Crippen LogP contribution in [0.5, 0.6) is 0 Å². The molecule has 0 aromatic heterocycles. The van der Waals surface area contributed by atoms with E-state index >= 15 is 0 Å². The van der Waals surface area contributed by atoms with Gasteiger partial charge in [0.05, 0.1) is 5.71 Å². The molecule has 5 heteroatoms. The van der Waals surface area contributed by atoms with E-state index in [4.69, 9.17) is 0 Å². The Morgan fingerprint density at radius 2 is 1.83 bits per heavy atom. The Morgan fingerprint density at radius 3 is 2.46 bits per heavy atom. The van der Waals surface area contributed by atoms with E-state index in [0.717, 1.165) is 35.3 Å². The predicted molar refractivity (Wildman–Crippen MR) is 96.7 cm³/mol. The van der Waals surface area contributed by atoms with Crippen molar-refractivity contribution in [1.82, 2.24) is 5.43 Å². The second-order valence-electron chi connectivity index (χ2n) is 6.19. The van der Waals surface area contributed by atoms with Crippen molar-refractivity contribution in [2.75, 3.05) is 5.32 Å². The van der Waals surface area contributed by atoms with E-state index in [1.54, 1.807) is 12.1 Å². The zero-order valence-corrected chi connectivity index (χ0v) is 14.3. The molecule has 126 valence electrons. The summed E-state index contributed by atoms with van der Waals surface area (Å²) in [6.45, 7) is 9.87. The number of nitrogens with zero attached hydrogens (tertiary/aromatic N) is 1. The van der Waals surface area contributed by atoms with Crippen molar-refractivity contribution >= 4 is 23.2 Å². The smallest absolute Gasteiger partial charge is 0.318 e. The van der Waals surface area contributed by atoms with Crippen LogP contribution in [0.3, 0.4) is 0 Å². The number of hydrogen-bond acceptors (Lipinski definition) is 3. The number of hydrazone groups is 1. The van der Waals surface area contributed by atoms with Crippen LogP contribution in [0.1, 0.15) is 32.3 Å². The van der Waals surface area contributed by atoms with Gasteiger partial charge in [-0.3, -0.25) is 9.59 Å². The first-order valence-electron chi connectivity index (χ1n) is 7.94. The molecule has 1 aliphatic rings. The van der Waals surface area contributed by atoms with Crippen LogP contribution >= 0.6 is 0 Å². The first kappa shape index (κ1) is 17.7. The molecule has 1 atom stereocenters. The lowest BCUT2D eigenvalue weighted by Crippen LogP contribution is -2.33. The molecule has 2 amide bonds. The van der Waals surface area contributed by atoms with E-state index in [-0.39, 0.29) is 0 Å². The number of hydrogen-bond donors (Lipinski definition) is 2. The van der Waals surface area contributed by atoms with Crippen LogP contribution in [0.15, 0.2) is 53.2 Å². The Balaban J connectivity index is 1.97. The topological polar surface area (TPSA) is 70.6 Å². The molecule has 0 spiro atoms. The van der Waals surface area contributed by atoms with Crippen molar-refractivity contribution < 1.29 is 9.59 Å². The third kappa shape index (κ3) is 4.65. The minimum Gasteiger partial charge on any atom is -0.318 e. The summed E-state index contributed by atoms with van der Waals surface area (Å²) in [4.78, 5) is 23.8. The molecular weight excluding hydrogens is 302 g/mol. The first-order valence-corrected chi connectivity index (χ1v) is 7.94. The number of carbonyl (C=O) groups excluding carboxylic acids is 2. The fourth-order valence-corrected chi connectivity index (χ4v) is 2.42. The number of amides is 2. The zero-order valence-electron chi connectivity index (χ0n) is 14.3. The summed E-state index contributed by atoms with van der Waals surface area (Å²) < 4.78 is 0. The summed E-state index contributed by atoms with van der Waals surface area (Å²) >= 11 is 0. The lowest BCUT2D eigenvalue weighted by Gasteiger charge is -2.22. The Hall–Kier alpha value is -2.69. The van der Waals surface area contributed by atoms with Crippen LogP contribution in [0.4, 0.5) is 5.69 Å². The van der Waals surface area contributed by atoms with Crippen molar-refractivity contribution in [2.45, 2.75) is 33.6 Å². The number of benzene rings is 1. The highest BCUT2D eigenvalue weighted by Gasteiger charge is 2.19. The van der Waals surface area contributed by atoms with Gasteiger partial charge in [-0.15, -0.1) is 0 Å². The fraction of sp³-hybridized carbons (Fsp3) is 0.316. The highest BCUT2D eigenvalue weighted by molar-refractivity contribution is 6.39. The highest BCUT2D eigenvalue weighted by atomic mass is 16.2. The predicted octanol–water partition coefficient (Wildman–Crippen LogP) is 3.34. The van der Waals surface area contributed by atoms with Gasteiger partial charge >= 0.3 is 11.8 Å². The van der Waals surface area contributed by atoms with Gasteiger partial charge in [0.2, 0.25) is 0 Å². The molecule has 0 heterocycles. The van der Waals surface area contributed by atoms with Crippen LogP contribution in [0.25, 0.3) is 0 Å². The lowest BCUT2D eigenvalue weighted by atomic mass is 9.85. The maximum absolute atomic E-state index is 11.9. The van der Waals surface area contributed by atoms with Crippen LogP contribution in [-0.4, -0.2) is 17.5 Å². The highest BCUT2D eigenvalue weighted by Crippen LogP contribution is 2.26. The molecule has 0 saturated heterocycles. The molecule has 1 aromatic rings. The van der Waals surface area contributed by atoms with E-state index < -0.39 is 11.8 Å². The van der Waals surface area contributed by atoms with Crippen molar-refractivity contribution in [2.24, 2.45) is 11.0 Å². The summed E-state index contributed by atoms with van der Waals surface area (Å²) in [6.07, 6.45) is 3.74. The molecule has 0 bridgehead atoms. The summed E-state index contributed by atoms with van der Waals surface area (Å²) in [5.74, 6) is -1.20. The number of aryl methyl sites for hydroxylation is 1. The fourth-order valence-electron chi connectivity index (χ4n) is 2.42. The molecule has 0 aliphatic heterocycles. The largest absolute Gasteiger partial charge is 0.329 e. The number of allylic oxidation sites excluding steroid dienone is 3. The quantitative estimate of drug-likeness (QED) is 0.508. The summed E-state index contributed by atoms with van der Waals surface area (Å²) in [5, 5.41) is 6.67. The van der Waals surface area contributed by atoms with Gasteiger partial charge in [0, 0.05) is 5.69 Å². The number of rotatable bonds is 3. The van der Waals surface area contributed by atoms with Gasteiger partial charge in [-0.25, -0.2) is 5.43 Å². The van der Waals surface area contributed by atoms with Gasteiger partial charge in [-0.05, 0) is 57.2 Å². The van der Waals surface area contributed by atoms with Crippen LogP contribution in [0, 0.1) is 12.8 Å². The standard InChI is InChI=1S/C19H23N3O2/c1-12(2)15-8-7-14(4)17(11-15)21-22-19(24)18(23)20-16-9-5-13(3)6-10-16/h5-7,9-10,15H,1,8,11H2,2-4H3,(H,20,23)(H,22,24)/t15-/m1/s1. The summed E-state index contributed by atoms with van der Waals surface area (Å²) in [7, 11) is 0. The third-order valence-corrected chi connectivity index (χ3v) is 4.11. The Morgan fingerprint density at radius 1 is 1.17 bits per heavy atom. The first-order chi connectivity index (χ1) is 11.4. The maximum atomic E-state index is 11.9. The van der Waals surface area contributed by atoms with E-state index in [2.05, 4.69) is 28.5 Å². The molecule has 1 aromatic carbocycles. The van der Waals surface area contributed by atoms with Crippen molar-refractivity contribution in [3.8, 4) is 0 Å². The van der Waals surface area contributed by atoms with Gasteiger partial charge in [0.15, 0.2) is 0 Å². The van der Waals surface area contributed by atoms with Gasteiger partial charge in [0.1, 0.15) is 0 Å². The van der Waals surface area contributed by atoms with Gasteiger partial charge < -0.3 is 5.32 Å². The molecule has 2 N–H and O–H groups in total. The van der Waals surface area contributed by atoms with Crippen molar-refractivity contribution in [1.29, 1.82) is 0 Å². The normalized spacial score (nSPS) is 18.7. The zero-order chi connectivity index (χ0) is 17.7. The van der Waals surface area contributed by atoms with E-state index in [1.807, 2.05) is 32.9 Å².